The first-order valence-electron chi connectivity index (χ1n) is 5.51. The molecule has 2 rings (SSSR count). The lowest BCUT2D eigenvalue weighted by molar-refractivity contribution is -0.162. The zero-order valence-corrected chi connectivity index (χ0v) is 10.3. The van der Waals surface area contributed by atoms with E-state index in [1.54, 1.807) is 11.5 Å². The summed E-state index contributed by atoms with van der Waals surface area (Å²) < 4.78 is 37.8. The molecule has 1 N–H and O–H groups in total. The van der Waals surface area contributed by atoms with Crippen LogP contribution in [0.4, 0.5) is 13.2 Å². The number of alkyl halides is 3. The summed E-state index contributed by atoms with van der Waals surface area (Å²) in [5, 5.41) is 11.3. The molecule has 0 aromatic carbocycles. The number of aliphatic hydroxyl groups is 1. The highest BCUT2D eigenvalue weighted by Gasteiger charge is 2.37. The van der Waals surface area contributed by atoms with E-state index in [4.69, 9.17) is 5.11 Å². The minimum Gasteiger partial charge on any atom is -0.390 e. The van der Waals surface area contributed by atoms with Gasteiger partial charge in [0, 0.05) is 11.0 Å². The van der Waals surface area contributed by atoms with Gasteiger partial charge in [-0.1, -0.05) is 18.2 Å². The Labute approximate surface area is 106 Å². The van der Waals surface area contributed by atoms with Crippen LogP contribution in [0.5, 0.6) is 0 Å². The van der Waals surface area contributed by atoms with E-state index in [1.165, 1.54) is 23.5 Å². The van der Waals surface area contributed by atoms with Gasteiger partial charge in [0.05, 0.1) is 18.2 Å². The summed E-state index contributed by atoms with van der Waals surface area (Å²) in [7, 11) is 0. The normalized spacial score (nSPS) is 20.7. The zero-order chi connectivity index (χ0) is 13.2. The first-order valence-corrected chi connectivity index (χ1v) is 6.39. The zero-order valence-electron chi connectivity index (χ0n) is 9.44. The van der Waals surface area contributed by atoms with Crippen molar-refractivity contribution in [3.05, 3.63) is 34.3 Å². The van der Waals surface area contributed by atoms with E-state index in [-0.39, 0.29) is 13.0 Å². The van der Waals surface area contributed by atoms with Crippen LogP contribution in [-0.4, -0.2) is 16.3 Å². The van der Waals surface area contributed by atoms with Gasteiger partial charge >= 0.3 is 6.18 Å². The predicted octanol–water partition coefficient (Wildman–Crippen LogP) is 3.55. The maximum Gasteiger partial charge on any atom is 0.395 e. The summed E-state index contributed by atoms with van der Waals surface area (Å²) in [6, 6.07) is 0. The number of thiazole rings is 1. The average Bonchev–Trinajstić information content (AvgIpc) is 2.64. The quantitative estimate of drug-likeness (QED) is 0.895. The molecule has 98 valence electrons. The molecule has 1 aromatic heterocycles. The molecule has 1 aliphatic carbocycles. The van der Waals surface area contributed by atoms with Gasteiger partial charge in [-0.3, -0.25) is 0 Å². The van der Waals surface area contributed by atoms with Crippen LogP contribution in [0, 0.1) is 5.92 Å². The van der Waals surface area contributed by atoms with E-state index in [9.17, 15) is 13.2 Å². The maximum absolute atomic E-state index is 12.6. The van der Waals surface area contributed by atoms with Crippen LogP contribution < -0.4 is 0 Å². The lowest BCUT2D eigenvalue weighted by Gasteiger charge is -2.14. The van der Waals surface area contributed by atoms with Crippen molar-refractivity contribution in [1.82, 2.24) is 4.98 Å². The Balaban J connectivity index is 2.18. The van der Waals surface area contributed by atoms with Crippen molar-refractivity contribution in [3.63, 3.8) is 0 Å². The first kappa shape index (κ1) is 13.3. The Morgan fingerprint density at radius 2 is 2.22 bits per heavy atom. The largest absolute Gasteiger partial charge is 0.395 e. The third-order valence-corrected chi connectivity index (χ3v) is 3.67. The van der Waals surface area contributed by atoms with Crippen LogP contribution in [0.2, 0.25) is 0 Å². The molecule has 0 spiro atoms. The lowest BCUT2D eigenvalue weighted by atomic mass is 10.0. The van der Waals surface area contributed by atoms with E-state index in [0.717, 1.165) is 0 Å². The summed E-state index contributed by atoms with van der Waals surface area (Å²) in [5.74, 6) is -1.39. The van der Waals surface area contributed by atoms with Crippen LogP contribution in [0.15, 0.2) is 23.6 Å². The minimum absolute atomic E-state index is 0.0712. The van der Waals surface area contributed by atoms with E-state index in [1.807, 2.05) is 0 Å². The minimum atomic E-state index is -4.18. The highest BCUT2D eigenvalue weighted by molar-refractivity contribution is 7.10. The van der Waals surface area contributed by atoms with Gasteiger partial charge in [-0.2, -0.15) is 13.2 Å². The third-order valence-electron chi connectivity index (χ3n) is 2.73. The molecule has 0 bridgehead atoms. The summed E-state index contributed by atoms with van der Waals surface area (Å²) in [4.78, 5) is 4.15. The SMILES string of the molecule is OCc1csc(C2=CCCC(C(F)(F)F)C=C2)n1. The Morgan fingerprint density at radius 1 is 1.44 bits per heavy atom. The Bertz CT molecular complexity index is 476. The van der Waals surface area contributed by atoms with E-state index < -0.39 is 12.1 Å². The second-order valence-corrected chi connectivity index (χ2v) is 4.90. The molecular weight excluding hydrogens is 263 g/mol. The van der Waals surface area contributed by atoms with Gasteiger partial charge in [0.1, 0.15) is 5.01 Å². The number of rotatable bonds is 2. The summed E-state index contributed by atoms with van der Waals surface area (Å²) >= 11 is 1.33. The molecule has 1 atom stereocenters. The van der Waals surface area contributed by atoms with Gasteiger partial charge in [0.15, 0.2) is 0 Å². The van der Waals surface area contributed by atoms with Gasteiger partial charge in [0.2, 0.25) is 0 Å². The molecule has 2 nitrogen and oxygen atoms in total. The van der Waals surface area contributed by atoms with Crippen molar-refractivity contribution in [2.24, 2.45) is 5.92 Å². The molecule has 1 heterocycles. The number of hydrogen-bond acceptors (Lipinski definition) is 3. The van der Waals surface area contributed by atoms with Crippen molar-refractivity contribution in [2.75, 3.05) is 0 Å². The smallest absolute Gasteiger partial charge is 0.390 e. The van der Waals surface area contributed by atoms with Gasteiger partial charge in [0.25, 0.3) is 0 Å². The summed E-state index contributed by atoms with van der Waals surface area (Å²) in [6.45, 7) is -0.154. The van der Waals surface area contributed by atoms with Crippen molar-refractivity contribution in [3.8, 4) is 0 Å². The standard InChI is InChI=1S/C12H12F3NOS/c13-12(14,15)9-3-1-2-8(4-5-9)11-16-10(6-17)7-18-11/h2,4-5,7,9,17H,1,3,6H2. The molecular formula is C12H12F3NOS. The molecule has 6 heteroatoms. The maximum atomic E-state index is 12.6. The number of aliphatic hydroxyl groups excluding tert-OH is 1. The molecule has 0 fully saturated rings. The van der Waals surface area contributed by atoms with Gasteiger partial charge in [-0.15, -0.1) is 11.3 Å². The number of hydrogen-bond donors (Lipinski definition) is 1. The van der Waals surface area contributed by atoms with Crippen molar-refractivity contribution < 1.29 is 18.3 Å². The average molecular weight is 275 g/mol. The van der Waals surface area contributed by atoms with Crippen molar-refractivity contribution in [2.45, 2.75) is 25.6 Å². The van der Waals surface area contributed by atoms with Crippen LogP contribution in [-0.2, 0) is 6.61 Å². The molecule has 1 unspecified atom stereocenters. The van der Waals surface area contributed by atoms with Crippen molar-refractivity contribution >= 4 is 16.9 Å². The molecule has 0 radical (unpaired) electrons. The van der Waals surface area contributed by atoms with Crippen LogP contribution in [0.1, 0.15) is 23.5 Å². The fourth-order valence-corrected chi connectivity index (χ4v) is 2.58. The van der Waals surface area contributed by atoms with Gasteiger partial charge in [-0.25, -0.2) is 4.98 Å². The summed E-state index contributed by atoms with van der Waals surface area (Å²) in [6.07, 6.45) is 0.702. The Kier molecular flexibility index (Phi) is 3.87. The van der Waals surface area contributed by atoms with E-state index in [0.29, 0.717) is 22.7 Å². The molecule has 0 saturated carbocycles. The van der Waals surface area contributed by atoms with Crippen molar-refractivity contribution in [1.29, 1.82) is 0 Å². The number of halogens is 3. The van der Waals surface area contributed by atoms with Crippen LogP contribution in [0.25, 0.3) is 5.57 Å². The number of aromatic nitrogens is 1. The molecule has 0 amide bonds. The monoisotopic (exact) mass is 275 g/mol. The second kappa shape index (κ2) is 5.24. The van der Waals surface area contributed by atoms with E-state index in [2.05, 4.69) is 4.98 Å². The highest BCUT2D eigenvalue weighted by atomic mass is 32.1. The molecule has 1 aliphatic rings. The third kappa shape index (κ3) is 3.00. The summed E-state index contributed by atoms with van der Waals surface area (Å²) in [5.41, 5.74) is 1.24. The van der Waals surface area contributed by atoms with Crippen LogP contribution >= 0.6 is 11.3 Å². The molecule has 0 aliphatic heterocycles. The Hall–Kier alpha value is -1.14. The first-order chi connectivity index (χ1) is 8.50. The molecule has 1 aromatic rings. The number of allylic oxidation sites excluding steroid dienone is 4. The van der Waals surface area contributed by atoms with E-state index >= 15 is 0 Å². The Morgan fingerprint density at radius 3 is 2.83 bits per heavy atom. The van der Waals surface area contributed by atoms with Gasteiger partial charge in [-0.05, 0) is 12.8 Å². The fraction of sp³-hybridized carbons (Fsp3) is 0.417. The molecule has 18 heavy (non-hydrogen) atoms. The highest BCUT2D eigenvalue weighted by Crippen LogP contribution is 2.34. The van der Waals surface area contributed by atoms with Crippen LogP contribution in [0.3, 0.4) is 0 Å². The van der Waals surface area contributed by atoms with Gasteiger partial charge < -0.3 is 5.11 Å². The fourth-order valence-electron chi connectivity index (χ4n) is 1.75. The lowest BCUT2D eigenvalue weighted by Crippen LogP contribution is -2.20. The second-order valence-electron chi connectivity index (χ2n) is 4.05. The predicted molar refractivity (Wildman–Crippen MR) is 63.9 cm³/mol. The number of nitrogens with zero attached hydrogens (tertiary/aromatic N) is 1. The molecule has 0 saturated heterocycles. The topological polar surface area (TPSA) is 33.1 Å².